The van der Waals surface area contributed by atoms with Crippen molar-refractivity contribution < 1.29 is 4.79 Å². The van der Waals surface area contributed by atoms with Crippen LogP contribution in [0.25, 0.3) is 10.9 Å². The number of fused-ring (bicyclic) bond motifs is 3. The molecule has 1 aromatic heterocycles. The van der Waals surface area contributed by atoms with E-state index < -0.39 is 0 Å². The molecule has 23 heavy (non-hydrogen) atoms. The highest BCUT2D eigenvalue weighted by molar-refractivity contribution is 6.31. The van der Waals surface area contributed by atoms with E-state index in [1.54, 1.807) is 0 Å². The zero-order valence-corrected chi connectivity index (χ0v) is 14.4. The van der Waals surface area contributed by atoms with Gasteiger partial charge < -0.3 is 10.3 Å². The maximum Gasteiger partial charge on any atom is 0.219 e. The summed E-state index contributed by atoms with van der Waals surface area (Å²) in [4.78, 5) is 17.4. The standard InChI is InChI=1S/C18H24ClN3O/c1-2-4-18(23)20-8-3-9-22-10-7-14-15-11-13(19)5-6-16(15)21-17(14)12-22/h5-6,11,21H,2-4,7-10,12H2,1H3,(H,20,23). The normalized spacial score (nSPS) is 14.9. The minimum atomic E-state index is 0.168. The predicted octanol–water partition coefficient (Wildman–Crippen LogP) is 3.49. The van der Waals surface area contributed by atoms with Crippen LogP contribution in [0.2, 0.25) is 5.02 Å². The van der Waals surface area contributed by atoms with Gasteiger partial charge in [-0.25, -0.2) is 0 Å². The van der Waals surface area contributed by atoms with Crippen LogP contribution in [0.4, 0.5) is 0 Å². The Balaban J connectivity index is 1.54. The van der Waals surface area contributed by atoms with Crippen LogP contribution in [0, 0.1) is 0 Å². The number of carbonyl (C=O) groups excluding carboxylic acids is 1. The summed E-state index contributed by atoms with van der Waals surface area (Å²) in [6.07, 6.45) is 3.59. The second-order valence-corrected chi connectivity index (χ2v) is 6.69. The molecule has 0 saturated heterocycles. The van der Waals surface area contributed by atoms with E-state index in [9.17, 15) is 4.79 Å². The van der Waals surface area contributed by atoms with Crippen molar-refractivity contribution in [2.24, 2.45) is 0 Å². The van der Waals surface area contributed by atoms with Crippen LogP contribution in [0.15, 0.2) is 18.2 Å². The second-order valence-electron chi connectivity index (χ2n) is 6.25. The fourth-order valence-corrected chi connectivity index (χ4v) is 3.48. The number of nitrogens with zero attached hydrogens (tertiary/aromatic N) is 1. The molecule has 0 radical (unpaired) electrons. The van der Waals surface area contributed by atoms with Gasteiger partial charge >= 0.3 is 0 Å². The highest BCUT2D eigenvalue weighted by Crippen LogP contribution is 2.29. The zero-order chi connectivity index (χ0) is 16.2. The van der Waals surface area contributed by atoms with Gasteiger partial charge in [-0.1, -0.05) is 18.5 Å². The van der Waals surface area contributed by atoms with Gasteiger partial charge in [0.25, 0.3) is 0 Å². The van der Waals surface area contributed by atoms with Gasteiger partial charge in [0.15, 0.2) is 0 Å². The molecule has 0 unspecified atom stereocenters. The van der Waals surface area contributed by atoms with E-state index in [0.717, 1.165) is 50.5 Å². The molecule has 1 aliphatic heterocycles. The van der Waals surface area contributed by atoms with Crippen molar-refractivity contribution in [2.45, 2.75) is 39.2 Å². The minimum absolute atomic E-state index is 0.168. The third kappa shape index (κ3) is 3.88. The summed E-state index contributed by atoms with van der Waals surface area (Å²) in [6, 6.07) is 6.05. The Morgan fingerprint density at radius 3 is 3.13 bits per heavy atom. The zero-order valence-electron chi connectivity index (χ0n) is 13.6. The molecule has 5 heteroatoms. The van der Waals surface area contributed by atoms with E-state index in [0.29, 0.717) is 6.42 Å². The number of benzene rings is 1. The molecule has 0 aliphatic carbocycles. The molecule has 0 spiro atoms. The summed E-state index contributed by atoms with van der Waals surface area (Å²) in [5, 5.41) is 5.04. The maximum atomic E-state index is 11.4. The van der Waals surface area contributed by atoms with E-state index in [4.69, 9.17) is 11.6 Å². The molecular formula is C18H24ClN3O. The fraction of sp³-hybridized carbons (Fsp3) is 0.500. The first-order chi connectivity index (χ1) is 11.2. The molecule has 3 rings (SSSR count). The van der Waals surface area contributed by atoms with E-state index in [2.05, 4.69) is 27.3 Å². The lowest BCUT2D eigenvalue weighted by molar-refractivity contribution is -0.121. The first-order valence-electron chi connectivity index (χ1n) is 8.45. The summed E-state index contributed by atoms with van der Waals surface area (Å²) in [6.45, 7) is 5.82. The number of aromatic amines is 1. The van der Waals surface area contributed by atoms with Crippen LogP contribution in [-0.4, -0.2) is 35.4 Å². The van der Waals surface area contributed by atoms with Gasteiger partial charge in [0.05, 0.1) is 0 Å². The average molecular weight is 334 g/mol. The Hall–Kier alpha value is -1.52. The van der Waals surface area contributed by atoms with Gasteiger partial charge in [0, 0.05) is 54.2 Å². The van der Waals surface area contributed by atoms with E-state index in [1.807, 2.05) is 13.0 Å². The number of aromatic nitrogens is 1. The summed E-state index contributed by atoms with van der Waals surface area (Å²) in [5.41, 5.74) is 3.90. The molecule has 0 saturated carbocycles. The second kappa shape index (κ2) is 7.37. The quantitative estimate of drug-likeness (QED) is 0.795. The molecule has 2 N–H and O–H groups in total. The maximum absolute atomic E-state index is 11.4. The Labute approximate surface area is 142 Å². The van der Waals surface area contributed by atoms with Gasteiger partial charge in [0.2, 0.25) is 5.91 Å². The van der Waals surface area contributed by atoms with Gasteiger partial charge in [0.1, 0.15) is 0 Å². The Kier molecular flexibility index (Phi) is 5.23. The van der Waals surface area contributed by atoms with Crippen LogP contribution in [-0.2, 0) is 17.8 Å². The van der Waals surface area contributed by atoms with Crippen molar-refractivity contribution in [3.05, 3.63) is 34.5 Å². The van der Waals surface area contributed by atoms with Gasteiger partial charge in [-0.2, -0.15) is 0 Å². The lowest BCUT2D eigenvalue weighted by atomic mass is 10.0. The molecule has 1 aliphatic rings. The number of nitrogens with one attached hydrogen (secondary N) is 2. The molecule has 4 nitrogen and oxygen atoms in total. The third-order valence-electron chi connectivity index (χ3n) is 4.47. The number of amides is 1. The first-order valence-corrected chi connectivity index (χ1v) is 8.83. The largest absolute Gasteiger partial charge is 0.357 e. The van der Waals surface area contributed by atoms with Crippen molar-refractivity contribution in [3.8, 4) is 0 Å². The average Bonchev–Trinajstić information content (AvgIpc) is 2.89. The van der Waals surface area contributed by atoms with Crippen molar-refractivity contribution in [2.75, 3.05) is 19.6 Å². The van der Waals surface area contributed by atoms with E-state index in [-0.39, 0.29) is 5.91 Å². The monoisotopic (exact) mass is 333 g/mol. The molecule has 1 aromatic carbocycles. The van der Waals surface area contributed by atoms with Crippen LogP contribution < -0.4 is 5.32 Å². The lowest BCUT2D eigenvalue weighted by Crippen LogP contribution is -2.33. The van der Waals surface area contributed by atoms with Gasteiger partial charge in [-0.05, 0) is 43.0 Å². The topological polar surface area (TPSA) is 48.1 Å². The predicted molar refractivity (Wildman–Crippen MR) is 94.8 cm³/mol. The van der Waals surface area contributed by atoms with Crippen LogP contribution in [0.5, 0.6) is 0 Å². The Bertz CT molecular complexity index is 695. The number of rotatable bonds is 6. The summed E-state index contributed by atoms with van der Waals surface area (Å²) >= 11 is 6.12. The smallest absolute Gasteiger partial charge is 0.219 e. The van der Waals surface area contributed by atoms with E-state index >= 15 is 0 Å². The minimum Gasteiger partial charge on any atom is -0.357 e. The molecule has 1 amide bonds. The first kappa shape index (κ1) is 16.3. The summed E-state index contributed by atoms with van der Waals surface area (Å²) in [5.74, 6) is 0.168. The Morgan fingerprint density at radius 2 is 2.30 bits per heavy atom. The van der Waals surface area contributed by atoms with Crippen LogP contribution in [0.1, 0.15) is 37.4 Å². The number of hydrogen-bond donors (Lipinski definition) is 2. The molecule has 0 bridgehead atoms. The number of hydrogen-bond acceptors (Lipinski definition) is 2. The van der Waals surface area contributed by atoms with Crippen molar-refractivity contribution in [1.82, 2.24) is 15.2 Å². The van der Waals surface area contributed by atoms with Crippen molar-refractivity contribution in [3.63, 3.8) is 0 Å². The molecular weight excluding hydrogens is 310 g/mol. The van der Waals surface area contributed by atoms with Crippen LogP contribution in [0.3, 0.4) is 0 Å². The molecule has 2 aromatic rings. The molecule has 0 atom stereocenters. The number of H-pyrrole nitrogens is 1. The van der Waals surface area contributed by atoms with Gasteiger partial charge in [-0.15, -0.1) is 0 Å². The summed E-state index contributed by atoms with van der Waals surface area (Å²) in [7, 11) is 0. The van der Waals surface area contributed by atoms with E-state index in [1.165, 1.54) is 22.2 Å². The van der Waals surface area contributed by atoms with Crippen molar-refractivity contribution >= 4 is 28.4 Å². The van der Waals surface area contributed by atoms with Gasteiger partial charge in [-0.3, -0.25) is 9.69 Å². The number of carbonyl (C=O) groups is 1. The highest BCUT2D eigenvalue weighted by Gasteiger charge is 2.20. The molecule has 0 fully saturated rings. The van der Waals surface area contributed by atoms with Crippen LogP contribution >= 0.6 is 11.6 Å². The highest BCUT2D eigenvalue weighted by atomic mass is 35.5. The molecule has 2 heterocycles. The Morgan fingerprint density at radius 1 is 1.43 bits per heavy atom. The molecule has 124 valence electrons. The lowest BCUT2D eigenvalue weighted by Gasteiger charge is -2.26. The number of halogens is 1. The van der Waals surface area contributed by atoms with Crippen molar-refractivity contribution in [1.29, 1.82) is 0 Å². The SMILES string of the molecule is CCCC(=O)NCCCN1CCc2c([nH]c3ccc(Cl)cc23)C1. The fourth-order valence-electron chi connectivity index (χ4n) is 3.31. The summed E-state index contributed by atoms with van der Waals surface area (Å²) < 4.78 is 0. The third-order valence-corrected chi connectivity index (χ3v) is 4.70.